The number of hydrogen-bond acceptors (Lipinski definition) is 6. The fourth-order valence-electron chi connectivity index (χ4n) is 6.39. The van der Waals surface area contributed by atoms with Crippen LogP contribution >= 0.6 is 0 Å². The van der Waals surface area contributed by atoms with Crippen LogP contribution < -0.4 is 4.90 Å². The van der Waals surface area contributed by atoms with Gasteiger partial charge in [-0.2, -0.15) is 0 Å². The Hall–Kier alpha value is -4.65. The van der Waals surface area contributed by atoms with Gasteiger partial charge in [0.05, 0.1) is 18.8 Å². The lowest BCUT2D eigenvalue weighted by Gasteiger charge is -2.47. The average Bonchev–Trinajstić information content (AvgIpc) is 3.44. The number of likely N-dealkylation sites (tertiary alicyclic amines) is 1. The fourth-order valence-corrected chi connectivity index (χ4v) is 6.39. The van der Waals surface area contributed by atoms with Crippen molar-refractivity contribution in [1.29, 1.82) is 0 Å². The van der Waals surface area contributed by atoms with Crippen molar-refractivity contribution in [3.05, 3.63) is 88.7 Å². The van der Waals surface area contributed by atoms with Crippen LogP contribution in [0, 0.1) is 17.8 Å². The summed E-state index contributed by atoms with van der Waals surface area (Å²) in [6, 6.07) is 16.0. The highest BCUT2D eigenvalue weighted by Gasteiger charge is 2.51. The van der Waals surface area contributed by atoms with E-state index in [4.69, 9.17) is 21.0 Å². The van der Waals surface area contributed by atoms with Crippen molar-refractivity contribution in [3.63, 3.8) is 0 Å². The second-order valence-electron chi connectivity index (χ2n) is 12.9. The standard InChI is InChI=1S/C34H36FN5O4/c1-33(2,3)44-32(42)40-21-34(22-40)15-17-39(20-34)30-29(36-4)28(24-12-8-9-13-26(24)35)25-14-16-38(18-27(25)37-30)31(41)43-19-23-10-6-5-7-11-23/h5-13H,14-22H2,1-3H3. The molecule has 44 heavy (non-hydrogen) atoms. The van der Waals surface area contributed by atoms with Gasteiger partial charge < -0.3 is 24.2 Å². The lowest BCUT2D eigenvalue weighted by atomic mass is 9.79. The maximum Gasteiger partial charge on any atom is 0.410 e. The zero-order chi connectivity index (χ0) is 31.1. The molecule has 0 N–H and O–H groups in total. The number of fused-ring (bicyclic) bond motifs is 1. The van der Waals surface area contributed by atoms with E-state index in [-0.39, 0.29) is 24.7 Å². The fraction of sp³-hybridized carbons (Fsp3) is 0.412. The highest BCUT2D eigenvalue weighted by Crippen LogP contribution is 2.48. The molecule has 2 saturated heterocycles. The number of carbonyl (C=O) groups excluding carboxylic acids is 2. The number of ether oxygens (including phenoxy) is 2. The molecule has 2 fully saturated rings. The Labute approximate surface area is 257 Å². The summed E-state index contributed by atoms with van der Waals surface area (Å²) in [5, 5.41) is 0. The van der Waals surface area contributed by atoms with E-state index in [1.807, 2.05) is 51.1 Å². The van der Waals surface area contributed by atoms with Crippen molar-refractivity contribution in [2.75, 3.05) is 37.6 Å². The molecule has 3 aliphatic heterocycles. The van der Waals surface area contributed by atoms with Gasteiger partial charge in [-0.15, -0.1) is 0 Å². The number of amides is 2. The Balaban J connectivity index is 1.28. The van der Waals surface area contributed by atoms with E-state index < -0.39 is 17.5 Å². The smallest absolute Gasteiger partial charge is 0.410 e. The van der Waals surface area contributed by atoms with Gasteiger partial charge in [0.2, 0.25) is 5.69 Å². The minimum absolute atomic E-state index is 0.126. The van der Waals surface area contributed by atoms with Gasteiger partial charge in [0.15, 0.2) is 0 Å². The summed E-state index contributed by atoms with van der Waals surface area (Å²) < 4.78 is 26.4. The second-order valence-corrected chi connectivity index (χ2v) is 12.9. The summed E-state index contributed by atoms with van der Waals surface area (Å²) in [6.07, 6.45) is 0.484. The van der Waals surface area contributed by atoms with E-state index >= 15 is 4.39 Å². The predicted molar refractivity (Wildman–Crippen MR) is 164 cm³/mol. The van der Waals surface area contributed by atoms with Gasteiger partial charge in [-0.05, 0) is 56.4 Å². The molecule has 6 rings (SSSR count). The first-order valence-electron chi connectivity index (χ1n) is 14.9. The van der Waals surface area contributed by atoms with E-state index in [0.717, 1.165) is 17.5 Å². The molecule has 1 aromatic heterocycles. The van der Waals surface area contributed by atoms with Gasteiger partial charge in [-0.3, -0.25) is 0 Å². The Kier molecular flexibility index (Phi) is 7.66. The van der Waals surface area contributed by atoms with Gasteiger partial charge in [0, 0.05) is 43.7 Å². The molecule has 228 valence electrons. The van der Waals surface area contributed by atoms with E-state index in [9.17, 15) is 9.59 Å². The molecule has 4 heterocycles. The van der Waals surface area contributed by atoms with Crippen molar-refractivity contribution >= 4 is 23.7 Å². The minimum Gasteiger partial charge on any atom is -0.445 e. The molecule has 2 amide bonds. The van der Waals surface area contributed by atoms with Crippen LogP contribution in [0.3, 0.4) is 0 Å². The summed E-state index contributed by atoms with van der Waals surface area (Å²) in [7, 11) is 0. The zero-order valence-electron chi connectivity index (χ0n) is 25.3. The van der Waals surface area contributed by atoms with E-state index in [0.29, 0.717) is 67.5 Å². The lowest BCUT2D eigenvalue weighted by molar-refractivity contribution is -0.0266. The summed E-state index contributed by atoms with van der Waals surface area (Å²) in [5.74, 6) is 0.0791. The molecule has 10 heteroatoms. The molecule has 0 radical (unpaired) electrons. The van der Waals surface area contributed by atoms with Crippen LogP contribution in [-0.2, 0) is 29.0 Å². The zero-order valence-corrected chi connectivity index (χ0v) is 25.3. The third-order valence-electron chi connectivity index (χ3n) is 8.47. The largest absolute Gasteiger partial charge is 0.445 e. The van der Waals surface area contributed by atoms with Crippen LogP contribution in [0.25, 0.3) is 16.0 Å². The second kappa shape index (κ2) is 11.5. The van der Waals surface area contributed by atoms with E-state index in [1.165, 1.54) is 6.07 Å². The van der Waals surface area contributed by atoms with Crippen molar-refractivity contribution in [2.45, 2.75) is 52.4 Å². The van der Waals surface area contributed by atoms with Gasteiger partial charge in [0.25, 0.3) is 0 Å². The third-order valence-corrected chi connectivity index (χ3v) is 8.47. The summed E-state index contributed by atoms with van der Waals surface area (Å²) in [5.41, 5.74) is 2.83. The molecule has 2 aromatic carbocycles. The van der Waals surface area contributed by atoms with Crippen LogP contribution in [0.5, 0.6) is 0 Å². The normalized spacial score (nSPS) is 17.1. The number of aromatic nitrogens is 1. The van der Waals surface area contributed by atoms with Crippen molar-refractivity contribution < 1.29 is 23.5 Å². The lowest BCUT2D eigenvalue weighted by Crippen LogP contribution is -2.60. The van der Waals surface area contributed by atoms with Crippen LogP contribution in [-0.4, -0.2) is 65.3 Å². The highest BCUT2D eigenvalue weighted by molar-refractivity contribution is 5.90. The maximum absolute atomic E-state index is 15.3. The van der Waals surface area contributed by atoms with E-state index in [2.05, 4.69) is 9.74 Å². The van der Waals surface area contributed by atoms with Gasteiger partial charge in [-0.25, -0.2) is 23.8 Å². The first kappa shape index (κ1) is 29.4. The Morgan fingerprint density at radius 3 is 2.43 bits per heavy atom. The number of hydrogen-bond donors (Lipinski definition) is 0. The predicted octanol–water partition coefficient (Wildman–Crippen LogP) is 6.58. The first-order chi connectivity index (χ1) is 21.1. The van der Waals surface area contributed by atoms with Gasteiger partial charge >= 0.3 is 12.2 Å². The number of pyridine rings is 1. The first-order valence-corrected chi connectivity index (χ1v) is 14.9. The quantitative estimate of drug-likeness (QED) is 0.316. The van der Waals surface area contributed by atoms with Crippen LogP contribution in [0.4, 0.5) is 25.5 Å². The number of carbonyl (C=O) groups is 2. The van der Waals surface area contributed by atoms with Crippen LogP contribution in [0.15, 0.2) is 54.6 Å². The number of anilines is 1. The van der Waals surface area contributed by atoms with Gasteiger partial charge in [-0.1, -0.05) is 48.5 Å². The molecule has 0 atom stereocenters. The average molecular weight is 598 g/mol. The topological polar surface area (TPSA) is 79.6 Å². The molecule has 3 aliphatic rings. The van der Waals surface area contributed by atoms with Crippen molar-refractivity contribution in [1.82, 2.24) is 14.8 Å². The number of benzene rings is 2. The maximum atomic E-state index is 15.3. The Bertz CT molecular complexity index is 1630. The summed E-state index contributed by atoms with van der Waals surface area (Å²) >= 11 is 0. The monoisotopic (exact) mass is 597 g/mol. The van der Waals surface area contributed by atoms with E-state index in [1.54, 1.807) is 28.0 Å². The number of rotatable bonds is 4. The van der Waals surface area contributed by atoms with Gasteiger partial charge in [0.1, 0.15) is 23.8 Å². The summed E-state index contributed by atoms with van der Waals surface area (Å²) in [4.78, 5) is 40.0. The SMILES string of the molecule is [C-]#[N+]c1c(N2CCC3(CN(C(=O)OC(C)(C)C)C3)C2)nc2c(c1-c1ccccc1F)CCN(C(=O)OCc1ccccc1)C2. The molecule has 1 spiro atoms. The number of nitrogens with zero attached hydrogens (tertiary/aromatic N) is 5. The molecular formula is C34H36FN5O4. The molecule has 0 unspecified atom stereocenters. The molecule has 0 saturated carbocycles. The van der Waals surface area contributed by atoms with Crippen LogP contribution in [0.1, 0.15) is 44.0 Å². The highest BCUT2D eigenvalue weighted by atomic mass is 19.1. The van der Waals surface area contributed by atoms with Crippen molar-refractivity contribution in [2.24, 2.45) is 5.41 Å². The Morgan fingerprint density at radius 2 is 1.73 bits per heavy atom. The number of halogens is 1. The third kappa shape index (κ3) is 5.79. The molecule has 9 nitrogen and oxygen atoms in total. The molecule has 0 aliphatic carbocycles. The van der Waals surface area contributed by atoms with Crippen molar-refractivity contribution in [3.8, 4) is 11.1 Å². The summed E-state index contributed by atoms with van der Waals surface area (Å²) in [6.45, 7) is 16.9. The minimum atomic E-state index is -0.565. The molecule has 0 bridgehead atoms. The Morgan fingerprint density at radius 1 is 1.00 bits per heavy atom. The van der Waals surface area contributed by atoms with Crippen LogP contribution in [0.2, 0.25) is 0 Å². The molecule has 3 aromatic rings. The molecular weight excluding hydrogens is 561 g/mol.